The van der Waals surface area contributed by atoms with E-state index < -0.39 is 0 Å². The maximum atomic E-state index is 12.1. The Hall–Kier alpha value is -0.580. The Morgan fingerprint density at radius 3 is 3.00 bits per heavy atom. The lowest BCUT2D eigenvalue weighted by Crippen LogP contribution is -2.39. The van der Waals surface area contributed by atoms with Crippen LogP contribution in [0.3, 0.4) is 0 Å². The van der Waals surface area contributed by atoms with E-state index in [2.05, 4.69) is 33.2 Å². The van der Waals surface area contributed by atoms with E-state index in [0.717, 1.165) is 24.1 Å². The number of halogens is 2. The van der Waals surface area contributed by atoms with Crippen LogP contribution in [-0.4, -0.2) is 37.5 Å². The standard InChI is InChI=1S/C14H18BrClN2O/c1-18-4-2-3-10(9-18)8-17-14(19)11-5-12(15)7-13(16)6-11/h5-7,10H,2-4,8-9H2,1H3,(H,17,19). The van der Waals surface area contributed by atoms with Crippen molar-refractivity contribution >= 4 is 33.4 Å². The van der Waals surface area contributed by atoms with E-state index in [1.165, 1.54) is 12.8 Å². The van der Waals surface area contributed by atoms with E-state index in [0.29, 0.717) is 16.5 Å². The van der Waals surface area contributed by atoms with Gasteiger partial charge in [0.25, 0.3) is 5.91 Å². The highest BCUT2D eigenvalue weighted by atomic mass is 79.9. The first-order valence-corrected chi connectivity index (χ1v) is 7.64. The number of carbonyl (C=O) groups excluding carboxylic acids is 1. The van der Waals surface area contributed by atoms with Crippen molar-refractivity contribution in [2.24, 2.45) is 5.92 Å². The zero-order chi connectivity index (χ0) is 13.8. The summed E-state index contributed by atoms with van der Waals surface area (Å²) in [5.41, 5.74) is 0.600. The van der Waals surface area contributed by atoms with Gasteiger partial charge in [0.1, 0.15) is 0 Å². The average Bonchev–Trinajstić information content (AvgIpc) is 2.35. The van der Waals surface area contributed by atoms with E-state index in [1.807, 2.05) is 0 Å². The maximum Gasteiger partial charge on any atom is 0.251 e. The van der Waals surface area contributed by atoms with Crippen LogP contribution >= 0.6 is 27.5 Å². The van der Waals surface area contributed by atoms with E-state index in [1.54, 1.807) is 18.2 Å². The summed E-state index contributed by atoms with van der Waals surface area (Å²) in [6, 6.07) is 5.25. The third kappa shape index (κ3) is 4.48. The van der Waals surface area contributed by atoms with Gasteiger partial charge in [0.2, 0.25) is 0 Å². The molecule has 0 bridgehead atoms. The minimum Gasteiger partial charge on any atom is -0.352 e. The molecule has 1 aromatic carbocycles. The van der Waals surface area contributed by atoms with Crippen molar-refractivity contribution in [1.82, 2.24) is 10.2 Å². The third-order valence-electron chi connectivity index (χ3n) is 3.40. The van der Waals surface area contributed by atoms with Crippen molar-refractivity contribution in [3.05, 3.63) is 33.3 Å². The van der Waals surface area contributed by atoms with Gasteiger partial charge in [-0.05, 0) is 50.6 Å². The van der Waals surface area contributed by atoms with Gasteiger partial charge in [-0.15, -0.1) is 0 Å². The molecule has 2 rings (SSSR count). The van der Waals surface area contributed by atoms with Crippen LogP contribution in [0.4, 0.5) is 0 Å². The fourth-order valence-electron chi connectivity index (χ4n) is 2.46. The molecule has 1 atom stereocenters. The Bertz CT molecular complexity index is 447. The lowest BCUT2D eigenvalue weighted by molar-refractivity contribution is 0.0937. The van der Waals surface area contributed by atoms with Crippen LogP contribution in [0, 0.1) is 5.92 Å². The number of benzene rings is 1. The molecule has 19 heavy (non-hydrogen) atoms. The smallest absolute Gasteiger partial charge is 0.251 e. The molecule has 3 nitrogen and oxygen atoms in total. The summed E-state index contributed by atoms with van der Waals surface area (Å²) in [7, 11) is 2.13. The minimum atomic E-state index is -0.0589. The molecule has 0 aromatic heterocycles. The maximum absolute atomic E-state index is 12.1. The van der Waals surface area contributed by atoms with E-state index in [4.69, 9.17) is 11.6 Å². The lowest BCUT2D eigenvalue weighted by atomic mass is 9.98. The summed E-state index contributed by atoms with van der Waals surface area (Å²) in [6.07, 6.45) is 2.39. The molecule has 0 radical (unpaired) electrons. The first kappa shape index (κ1) is 14.8. The van der Waals surface area contributed by atoms with Gasteiger partial charge >= 0.3 is 0 Å². The van der Waals surface area contributed by atoms with Gasteiger partial charge < -0.3 is 10.2 Å². The Morgan fingerprint density at radius 2 is 2.32 bits per heavy atom. The first-order valence-electron chi connectivity index (χ1n) is 6.47. The Morgan fingerprint density at radius 1 is 1.53 bits per heavy atom. The van der Waals surface area contributed by atoms with E-state index in [9.17, 15) is 4.79 Å². The molecule has 1 aliphatic rings. The summed E-state index contributed by atoms with van der Waals surface area (Å²) >= 11 is 9.29. The number of hydrogen-bond acceptors (Lipinski definition) is 2. The Kier molecular flexibility index (Phi) is 5.25. The predicted octanol–water partition coefficient (Wildman–Crippen LogP) is 3.17. The molecule has 1 fully saturated rings. The van der Waals surface area contributed by atoms with Crippen LogP contribution in [0.25, 0.3) is 0 Å². The zero-order valence-corrected chi connectivity index (χ0v) is 13.3. The van der Waals surface area contributed by atoms with Gasteiger partial charge in [-0.3, -0.25) is 4.79 Å². The number of amides is 1. The van der Waals surface area contributed by atoms with Crippen molar-refractivity contribution < 1.29 is 4.79 Å². The number of nitrogens with zero attached hydrogens (tertiary/aromatic N) is 1. The summed E-state index contributed by atoms with van der Waals surface area (Å²) in [5, 5.41) is 3.57. The van der Waals surface area contributed by atoms with Gasteiger partial charge in [0.05, 0.1) is 0 Å². The highest BCUT2D eigenvalue weighted by Gasteiger charge is 2.18. The third-order valence-corrected chi connectivity index (χ3v) is 4.07. The van der Waals surface area contributed by atoms with Gasteiger partial charge in [-0.25, -0.2) is 0 Å². The van der Waals surface area contributed by atoms with Crippen molar-refractivity contribution in [2.45, 2.75) is 12.8 Å². The summed E-state index contributed by atoms with van der Waals surface area (Å²) < 4.78 is 0.822. The number of rotatable bonds is 3. The molecule has 0 saturated carbocycles. The van der Waals surface area contributed by atoms with Crippen molar-refractivity contribution in [2.75, 3.05) is 26.7 Å². The quantitative estimate of drug-likeness (QED) is 0.912. The fourth-order valence-corrected chi connectivity index (χ4v) is 3.32. The molecule has 104 valence electrons. The average molecular weight is 346 g/mol. The second-order valence-corrected chi connectivity index (χ2v) is 6.49. The van der Waals surface area contributed by atoms with Gasteiger partial charge in [0, 0.05) is 28.1 Å². The van der Waals surface area contributed by atoms with Crippen LogP contribution in [0.5, 0.6) is 0 Å². The molecule has 1 aliphatic heterocycles. The van der Waals surface area contributed by atoms with Gasteiger partial charge in [-0.2, -0.15) is 0 Å². The molecule has 1 amide bonds. The molecule has 1 N–H and O–H groups in total. The summed E-state index contributed by atoms with van der Waals surface area (Å²) in [4.78, 5) is 14.4. The molecule has 1 unspecified atom stereocenters. The van der Waals surface area contributed by atoms with Gasteiger partial charge in [0.15, 0.2) is 0 Å². The van der Waals surface area contributed by atoms with Crippen LogP contribution in [0.2, 0.25) is 5.02 Å². The number of hydrogen-bond donors (Lipinski definition) is 1. The van der Waals surface area contributed by atoms with Gasteiger partial charge in [-0.1, -0.05) is 27.5 Å². The minimum absolute atomic E-state index is 0.0589. The van der Waals surface area contributed by atoms with Crippen LogP contribution in [-0.2, 0) is 0 Å². The number of nitrogens with one attached hydrogen (secondary N) is 1. The molecule has 1 aromatic rings. The normalized spacial score (nSPS) is 20.3. The zero-order valence-electron chi connectivity index (χ0n) is 11.0. The lowest BCUT2D eigenvalue weighted by Gasteiger charge is -2.29. The molecule has 1 saturated heterocycles. The van der Waals surface area contributed by atoms with E-state index >= 15 is 0 Å². The molecule has 1 heterocycles. The highest BCUT2D eigenvalue weighted by molar-refractivity contribution is 9.10. The number of likely N-dealkylation sites (tertiary alicyclic amines) is 1. The fraction of sp³-hybridized carbons (Fsp3) is 0.500. The van der Waals surface area contributed by atoms with E-state index in [-0.39, 0.29) is 5.91 Å². The van der Waals surface area contributed by atoms with Crippen molar-refractivity contribution in [1.29, 1.82) is 0 Å². The second-order valence-electron chi connectivity index (χ2n) is 5.14. The summed E-state index contributed by atoms with van der Waals surface area (Å²) in [5.74, 6) is 0.488. The monoisotopic (exact) mass is 344 g/mol. The van der Waals surface area contributed by atoms with Crippen molar-refractivity contribution in [3.63, 3.8) is 0 Å². The first-order chi connectivity index (χ1) is 9.04. The molecule has 5 heteroatoms. The molecular formula is C14H18BrClN2O. The second kappa shape index (κ2) is 6.73. The number of piperidine rings is 1. The van der Waals surface area contributed by atoms with Crippen LogP contribution in [0.1, 0.15) is 23.2 Å². The molecule has 0 spiro atoms. The Balaban J connectivity index is 1.90. The van der Waals surface area contributed by atoms with Crippen LogP contribution in [0.15, 0.2) is 22.7 Å². The highest BCUT2D eigenvalue weighted by Crippen LogP contribution is 2.20. The predicted molar refractivity (Wildman–Crippen MR) is 81.7 cm³/mol. The topological polar surface area (TPSA) is 32.3 Å². The Labute approximate surface area is 127 Å². The summed E-state index contributed by atoms with van der Waals surface area (Å²) in [6.45, 7) is 2.94. The molecule has 0 aliphatic carbocycles. The van der Waals surface area contributed by atoms with Crippen LogP contribution < -0.4 is 5.32 Å². The van der Waals surface area contributed by atoms with Crippen molar-refractivity contribution in [3.8, 4) is 0 Å². The SMILES string of the molecule is CN1CCCC(CNC(=O)c2cc(Cl)cc(Br)c2)C1. The largest absolute Gasteiger partial charge is 0.352 e. The number of carbonyl (C=O) groups is 1. The molecular weight excluding hydrogens is 328 g/mol.